The minimum absolute atomic E-state index is 0.182. The molecule has 0 spiro atoms. The van der Waals surface area contributed by atoms with Crippen molar-refractivity contribution in [3.05, 3.63) is 10.0 Å². The van der Waals surface area contributed by atoms with Crippen molar-refractivity contribution < 1.29 is 4.74 Å². The van der Waals surface area contributed by atoms with Crippen LogP contribution >= 0.6 is 11.3 Å². The molecule has 17 heavy (non-hydrogen) atoms. The van der Waals surface area contributed by atoms with E-state index in [9.17, 15) is 0 Å². The number of nitrogens with one attached hydrogen (secondary N) is 1. The monoisotopic (exact) mass is 255 g/mol. The molecule has 2 atom stereocenters. The summed E-state index contributed by atoms with van der Waals surface area (Å²) in [5.41, 5.74) is 0. The van der Waals surface area contributed by atoms with Crippen LogP contribution in [0.4, 0.5) is 0 Å². The average Bonchev–Trinajstić information content (AvgIpc) is 2.86. The molecule has 2 rings (SSSR count). The first-order valence-corrected chi connectivity index (χ1v) is 7.15. The molecule has 0 radical (unpaired) electrons. The summed E-state index contributed by atoms with van der Waals surface area (Å²) in [6.07, 6.45) is 2.76. The van der Waals surface area contributed by atoms with Crippen LogP contribution in [0.1, 0.15) is 49.7 Å². The molecule has 1 aliphatic rings. The van der Waals surface area contributed by atoms with Crippen LogP contribution in [-0.4, -0.2) is 22.8 Å². The summed E-state index contributed by atoms with van der Waals surface area (Å²) in [5, 5.41) is 13.9. The van der Waals surface area contributed by atoms with Gasteiger partial charge in [-0.1, -0.05) is 25.2 Å². The molecule has 1 aromatic rings. The summed E-state index contributed by atoms with van der Waals surface area (Å²) in [5.74, 6) is 0.668. The van der Waals surface area contributed by atoms with E-state index in [1.165, 1.54) is 0 Å². The molecule has 0 aromatic carbocycles. The van der Waals surface area contributed by atoms with Gasteiger partial charge in [-0.2, -0.15) is 0 Å². The van der Waals surface area contributed by atoms with Gasteiger partial charge in [0, 0.05) is 6.54 Å². The van der Waals surface area contributed by atoms with Gasteiger partial charge in [0.1, 0.15) is 16.1 Å². The van der Waals surface area contributed by atoms with Gasteiger partial charge < -0.3 is 10.1 Å². The van der Waals surface area contributed by atoms with Gasteiger partial charge in [-0.15, -0.1) is 10.2 Å². The van der Waals surface area contributed by atoms with Crippen molar-refractivity contribution >= 4 is 11.3 Å². The summed E-state index contributed by atoms with van der Waals surface area (Å²) in [6, 6.07) is 0. The van der Waals surface area contributed by atoms with Crippen molar-refractivity contribution in [2.45, 2.75) is 52.4 Å². The Morgan fingerprint density at radius 2 is 2.24 bits per heavy atom. The quantitative estimate of drug-likeness (QED) is 0.878. The van der Waals surface area contributed by atoms with Gasteiger partial charge in [0.2, 0.25) is 0 Å². The van der Waals surface area contributed by atoms with E-state index in [-0.39, 0.29) is 6.10 Å². The standard InChI is InChI=1S/C12H21N3OS/c1-8(2)6-13-7-11-14-15-12(17-11)10-5-4-9(3)16-10/h8-10,13H,4-7H2,1-3H3. The van der Waals surface area contributed by atoms with Crippen LogP contribution in [-0.2, 0) is 11.3 Å². The normalized spacial score (nSPS) is 24.7. The van der Waals surface area contributed by atoms with Crippen LogP contribution in [0.15, 0.2) is 0 Å². The third-order valence-corrected chi connectivity index (χ3v) is 3.83. The maximum absolute atomic E-state index is 5.79. The second kappa shape index (κ2) is 5.89. The highest BCUT2D eigenvalue weighted by Gasteiger charge is 2.26. The zero-order valence-electron chi connectivity index (χ0n) is 10.8. The summed E-state index contributed by atoms with van der Waals surface area (Å²) >= 11 is 1.67. The second-order valence-corrected chi connectivity index (χ2v) is 6.17. The minimum atomic E-state index is 0.182. The van der Waals surface area contributed by atoms with Gasteiger partial charge in [-0.3, -0.25) is 0 Å². The molecule has 0 saturated carbocycles. The zero-order valence-corrected chi connectivity index (χ0v) is 11.6. The fraction of sp³-hybridized carbons (Fsp3) is 0.833. The van der Waals surface area contributed by atoms with Crippen molar-refractivity contribution in [2.24, 2.45) is 5.92 Å². The van der Waals surface area contributed by atoms with Gasteiger partial charge in [-0.05, 0) is 32.2 Å². The summed E-state index contributed by atoms with van der Waals surface area (Å²) in [4.78, 5) is 0. The number of hydrogen-bond acceptors (Lipinski definition) is 5. The van der Waals surface area contributed by atoms with Crippen LogP contribution in [0, 0.1) is 5.92 Å². The lowest BCUT2D eigenvalue weighted by molar-refractivity contribution is 0.0550. The Morgan fingerprint density at radius 1 is 1.41 bits per heavy atom. The van der Waals surface area contributed by atoms with Crippen molar-refractivity contribution in [1.29, 1.82) is 0 Å². The van der Waals surface area contributed by atoms with E-state index in [2.05, 4.69) is 36.3 Å². The SMILES string of the molecule is CC(C)CNCc1nnc(C2CCC(C)O2)s1. The zero-order chi connectivity index (χ0) is 12.3. The van der Waals surface area contributed by atoms with E-state index < -0.39 is 0 Å². The predicted molar refractivity (Wildman–Crippen MR) is 69.0 cm³/mol. The summed E-state index contributed by atoms with van der Waals surface area (Å²) < 4.78 is 5.79. The molecule has 1 saturated heterocycles. The van der Waals surface area contributed by atoms with Crippen molar-refractivity contribution in [3.8, 4) is 0 Å². The Morgan fingerprint density at radius 3 is 2.88 bits per heavy atom. The maximum atomic E-state index is 5.79. The Hall–Kier alpha value is -0.520. The number of rotatable bonds is 5. The molecule has 0 amide bonds. The van der Waals surface area contributed by atoms with E-state index in [1.807, 2.05) is 0 Å². The smallest absolute Gasteiger partial charge is 0.146 e. The molecular formula is C12H21N3OS. The van der Waals surface area contributed by atoms with Gasteiger partial charge >= 0.3 is 0 Å². The molecule has 2 unspecified atom stereocenters. The fourth-order valence-electron chi connectivity index (χ4n) is 1.92. The molecule has 96 valence electrons. The van der Waals surface area contributed by atoms with Crippen LogP contribution in [0.5, 0.6) is 0 Å². The molecule has 1 N–H and O–H groups in total. The largest absolute Gasteiger partial charge is 0.368 e. The molecule has 1 aromatic heterocycles. The van der Waals surface area contributed by atoms with Crippen LogP contribution in [0.25, 0.3) is 0 Å². The first-order chi connectivity index (χ1) is 8.15. The predicted octanol–water partition coefficient (Wildman–Crippen LogP) is 2.52. The Bertz CT molecular complexity index is 353. The van der Waals surface area contributed by atoms with E-state index in [0.717, 1.165) is 35.9 Å². The molecule has 2 heterocycles. The highest BCUT2D eigenvalue weighted by Crippen LogP contribution is 2.33. The third-order valence-electron chi connectivity index (χ3n) is 2.82. The first-order valence-electron chi connectivity index (χ1n) is 6.33. The Kier molecular flexibility index (Phi) is 4.48. The number of hydrogen-bond donors (Lipinski definition) is 1. The van der Waals surface area contributed by atoms with Crippen LogP contribution in [0.3, 0.4) is 0 Å². The first kappa shape index (κ1) is 12.9. The summed E-state index contributed by atoms with van der Waals surface area (Å²) in [7, 11) is 0. The number of ether oxygens (including phenoxy) is 1. The minimum Gasteiger partial charge on any atom is -0.368 e. The molecule has 0 bridgehead atoms. The lowest BCUT2D eigenvalue weighted by Gasteiger charge is -2.06. The molecule has 0 aliphatic carbocycles. The Labute approximate surface area is 107 Å². The third kappa shape index (κ3) is 3.72. The van der Waals surface area contributed by atoms with Crippen molar-refractivity contribution in [3.63, 3.8) is 0 Å². The summed E-state index contributed by atoms with van der Waals surface area (Å²) in [6.45, 7) is 8.36. The van der Waals surface area contributed by atoms with Crippen molar-refractivity contribution in [2.75, 3.05) is 6.54 Å². The molecule has 1 fully saturated rings. The van der Waals surface area contributed by atoms with Gasteiger partial charge in [0.15, 0.2) is 0 Å². The number of aromatic nitrogens is 2. The van der Waals surface area contributed by atoms with Crippen LogP contribution in [0.2, 0.25) is 0 Å². The molecular weight excluding hydrogens is 234 g/mol. The highest BCUT2D eigenvalue weighted by atomic mass is 32.1. The van der Waals surface area contributed by atoms with E-state index >= 15 is 0 Å². The van der Waals surface area contributed by atoms with Gasteiger partial charge in [-0.25, -0.2) is 0 Å². The average molecular weight is 255 g/mol. The Balaban J connectivity index is 1.83. The topological polar surface area (TPSA) is 47.0 Å². The molecule has 4 nitrogen and oxygen atoms in total. The van der Waals surface area contributed by atoms with Gasteiger partial charge in [0.25, 0.3) is 0 Å². The lowest BCUT2D eigenvalue weighted by Crippen LogP contribution is -2.18. The highest BCUT2D eigenvalue weighted by molar-refractivity contribution is 7.11. The maximum Gasteiger partial charge on any atom is 0.146 e. The fourth-order valence-corrected chi connectivity index (χ4v) is 2.80. The van der Waals surface area contributed by atoms with Crippen molar-refractivity contribution in [1.82, 2.24) is 15.5 Å². The van der Waals surface area contributed by atoms with E-state index in [0.29, 0.717) is 12.0 Å². The van der Waals surface area contributed by atoms with E-state index in [4.69, 9.17) is 4.74 Å². The number of nitrogens with zero attached hydrogens (tertiary/aromatic N) is 2. The molecule has 1 aliphatic heterocycles. The van der Waals surface area contributed by atoms with Crippen LogP contribution < -0.4 is 5.32 Å². The molecule has 5 heteroatoms. The van der Waals surface area contributed by atoms with Gasteiger partial charge in [0.05, 0.1) is 6.10 Å². The van der Waals surface area contributed by atoms with E-state index in [1.54, 1.807) is 11.3 Å². The lowest BCUT2D eigenvalue weighted by atomic mass is 10.2. The second-order valence-electron chi connectivity index (χ2n) is 5.07.